The van der Waals surface area contributed by atoms with Crippen LogP contribution in [0.1, 0.15) is 10.5 Å². The Kier molecular flexibility index (Phi) is 4.71. The first-order valence-electron chi connectivity index (χ1n) is 6.45. The molecule has 0 aliphatic heterocycles. The number of aromatic nitrogens is 1. The number of para-hydroxylation sites is 2. The zero-order chi connectivity index (χ0) is 15.2. The van der Waals surface area contributed by atoms with Crippen molar-refractivity contribution in [3.8, 4) is 11.5 Å². The Bertz CT molecular complexity index is 622. The van der Waals surface area contributed by atoms with Gasteiger partial charge >= 0.3 is 5.97 Å². The topological polar surface area (TPSA) is 75.7 Å². The standard InChI is InChI=1S/C15H18N2O4/c1-19-13-5-3-4-6-14(13)21-8-7-17-10-11(16)9-12(17)15(18)20-2/h3-6,9-10H,7-8,16H2,1-2H3. The predicted octanol–water partition coefficient (Wildman–Crippen LogP) is 1.94. The summed E-state index contributed by atoms with van der Waals surface area (Å²) in [5.41, 5.74) is 6.62. The third-order valence-electron chi connectivity index (χ3n) is 2.97. The Hall–Kier alpha value is -2.63. The Labute approximate surface area is 123 Å². The minimum Gasteiger partial charge on any atom is -0.493 e. The summed E-state index contributed by atoms with van der Waals surface area (Å²) in [6.07, 6.45) is 1.68. The minimum absolute atomic E-state index is 0.373. The monoisotopic (exact) mass is 290 g/mol. The van der Waals surface area contributed by atoms with Gasteiger partial charge in [0.1, 0.15) is 12.3 Å². The zero-order valence-electron chi connectivity index (χ0n) is 12.0. The molecule has 2 aromatic rings. The van der Waals surface area contributed by atoms with E-state index in [9.17, 15) is 4.79 Å². The Balaban J connectivity index is 2.02. The summed E-state index contributed by atoms with van der Waals surface area (Å²) in [4.78, 5) is 11.6. The van der Waals surface area contributed by atoms with Gasteiger partial charge in [-0.25, -0.2) is 4.79 Å². The van der Waals surface area contributed by atoms with E-state index < -0.39 is 5.97 Å². The number of ether oxygens (including phenoxy) is 3. The van der Waals surface area contributed by atoms with Crippen LogP contribution in [0.2, 0.25) is 0 Å². The number of nitrogen functional groups attached to an aromatic ring is 1. The van der Waals surface area contributed by atoms with Gasteiger partial charge in [-0.3, -0.25) is 0 Å². The summed E-state index contributed by atoms with van der Waals surface area (Å²) in [5.74, 6) is 0.890. The molecule has 2 rings (SSSR count). The SMILES string of the molecule is COC(=O)c1cc(N)cn1CCOc1ccccc1OC. The van der Waals surface area contributed by atoms with E-state index in [1.807, 2.05) is 24.3 Å². The summed E-state index contributed by atoms with van der Waals surface area (Å²) in [7, 11) is 2.92. The maximum Gasteiger partial charge on any atom is 0.354 e. The van der Waals surface area contributed by atoms with Crippen LogP contribution in [0.25, 0.3) is 0 Å². The number of methoxy groups -OCH3 is 2. The fourth-order valence-electron chi connectivity index (χ4n) is 1.99. The number of hydrogen-bond acceptors (Lipinski definition) is 5. The van der Waals surface area contributed by atoms with Gasteiger partial charge in [-0.2, -0.15) is 0 Å². The number of hydrogen-bond donors (Lipinski definition) is 1. The quantitative estimate of drug-likeness (QED) is 0.823. The lowest BCUT2D eigenvalue weighted by molar-refractivity contribution is 0.0587. The molecule has 0 saturated carbocycles. The van der Waals surface area contributed by atoms with Crippen molar-refractivity contribution in [2.45, 2.75) is 6.54 Å². The van der Waals surface area contributed by atoms with Crippen LogP contribution >= 0.6 is 0 Å². The molecule has 0 radical (unpaired) electrons. The van der Waals surface area contributed by atoms with Gasteiger partial charge in [-0.1, -0.05) is 12.1 Å². The van der Waals surface area contributed by atoms with Crippen molar-refractivity contribution in [2.24, 2.45) is 0 Å². The predicted molar refractivity (Wildman–Crippen MR) is 78.7 cm³/mol. The Morgan fingerprint density at radius 1 is 1.24 bits per heavy atom. The van der Waals surface area contributed by atoms with E-state index in [0.717, 1.165) is 0 Å². The number of benzene rings is 1. The molecule has 2 N–H and O–H groups in total. The molecule has 6 heteroatoms. The van der Waals surface area contributed by atoms with Crippen LogP contribution in [0.15, 0.2) is 36.5 Å². The highest BCUT2D eigenvalue weighted by Gasteiger charge is 2.13. The number of esters is 1. The maximum absolute atomic E-state index is 11.6. The Morgan fingerprint density at radius 3 is 2.62 bits per heavy atom. The summed E-state index contributed by atoms with van der Waals surface area (Å²) >= 11 is 0. The van der Waals surface area contributed by atoms with E-state index in [4.69, 9.17) is 19.9 Å². The first-order valence-corrected chi connectivity index (χ1v) is 6.45. The molecule has 1 heterocycles. The molecule has 0 atom stereocenters. The number of anilines is 1. The van der Waals surface area contributed by atoms with Gasteiger partial charge in [0.2, 0.25) is 0 Å². The molecule has 0 aliphatic rings. The van der Waals surface area contributed by atoms with Gasteiger partial charge in [0.25, 0.3) is 0 Å². The molecular weight excluding hydrogens is 272 g/mol. The van der Waals surface area contributed by atoms with E-state index in [2.05, 4.69) is 0 Å². The molecule has 0 bridgehead atoms. The van der Waals surface area contributed by atoms with Crippen LogP contribution in [0, 0.1) is 0 Å². The third-order valence-corrected chi connectivity index (χ3v) is 2.97. The number of nitrogens with zero attached hydrogens (tertiary/aromatic N) is 1. The second-order valence-corrected chi connectivity index (χ2v) is 4.34. The van der Waals surface area contributed by atoms with E-state index in [0.29, 0.717) is 36.0 Å². The second kappa shape index (κ2) is 6.69. The zero-order valence-corrected chi connectivity index (χ0v) is 12.0. The summed E-state index contributed by atoms with van der Waals surface area (Å²) in [6, 6.07) is 8.96. The van der Waals surface area contributed by atoms with Crippen LogP contribution < -0.4 is 15.2 Å². The van der Waals surface area contributed by atoms with Crippen molar-refractivity contribution in [3.05, 3.63) is 42.2 Å². The molecule has 0 spiro atoms. The molecule has 0 fully saturated rings. The van der Waals surface area contributed by atoms with Crippen molar-refractivity contribution in [1.29, 1.82) is 0 Å². The number of rotatable bonds is 6. The van der Waals surface area contributed by atoms with Crippen LogP contribution in [0.3, 0.4) is 0 Å². The smallest absolute Gasteiger partial charge is 0.354 e. The molecule has 0 amide bonds. The molecule has 112 valence electrons. The van der Waals surface area contributed by atoms with E-state index in [1.54, 1.807) is 23.9 Å². The number of nitrogens with two attached hydrogens (primary N) is 1. The van der Waals surface area contributed by atoms with Gasteiger partial charge in [-0.05, 0) is 18.2 Å². The molecule has 0 unspecified atom stereocenters. The summed E-state index contributed by atoms with van der Waals surface area (Å²) in [6.45, 7) is 0.845. The summed E-state index contributed by atoms with van der Waals surface area (Å²) in [5, 5.41) is 0. The fraction of sp³-hybridized carbons (Fsp3) is 0.267. The van der Waals surface area contributed by atoms with Crippen molar-refractivity contribution in [2.75, 3.05) is 26.6 Å². The van der Waals surface area contributed by atoms with Crippen LogP contribution in [0.4, 0.5) is 5.69 Å². The number of carbonyl (C=O) groups excluding carboxylic acids is 1. The van der Waals surface area contributed by atoms with E-state index in [1.165, 1.54) is 7.11 Å². The van der Waals surface area contributed by atoms with Crippen molar-refractivity contribution in [1.82, 2.24) is 4.57 Å². The highest BCUT2D eigenvalue weighted by molar-refractivity contribution is 5.88. The van der Waals surface area contributed by atoms with Gasteiger partial charge in [0, 0.05) is 6.20 Å². The van der Waals surface area contributed by atoms with Crippen LogP contribution in [-0.4, -0.2) is 31.4 Å². The lowest BCUT2D eigenvalue weighted by Gasteiger charge is -2.11. The van der Waals surface area contributed by atoms with Gasteiger partial charge < -0.3 is 24.5 Å². The van der Waals surface area contributed by atoms with Gasteiger partial charge in [0.05, 0.1) is 26.5 Å². The molecule has 6 nitrogen and oxygen atoms in total. The second-order valence-electron chi connectivity index (χ2n) is 4.34. The van der Waals surface area contributed by atoms with Crippen LogP contribution in [-0.2, 0) is 11.3 Å². The van der Waals surface area contributed by atoms with Crippen LogP contribution in [0.5, 0.6) is 11.5 Å². The highest BCUT2D eigenvalue weighted by Crippen LogP contribution is 2.25. The normalized spacial score (nSPS) is 10.2. The lowest BCUT2D eigenvalue weighted by Crippen LogP contribution is -2.14. The first-order chi connectivity index (χ1) is 10.2. The largest absolute Gasteiger partial charge is 0.493 e. The van der Waals surface area contributed by atoms with Crippen molar-refractivity contribution < 1.29 is 19.0 Å². The lowest BCUT2D eigenvalue weighted by atomic mass is 10.3. The molecular formula is C15H18N2O4. The molecule has 21 heavy (non-hydrogen) atoms. The van der Waals surface area contributed by atoms with E-state index in [-0.39, 0.29) is 0 Å². The third kappa shape index (κ3) is 3.47. The van der Waals surface area contributed by atoms with Gasteiger partial charge in [0.15, 0.2) is 11.5 Å². The van der Waals surface area contributed by atoms with E-state index >= 15 is 0 Å². The van der Waals surface area contributed by atoms with Crippen molar-refractivity contribution >= 4 is 11.7 Å². The minimum atomic E-state index is -0.427. The fourth-order valence-corrected chi connectivity index (χ4v) is 1.99. The Morgan fingerprint density at radius 2 is 1.95 bits per heavy atom. The summed E-state index contributed by atoms with van der Waals surface area (Å²) < 4.78 is 17.3. The highest BCUT2D eigenvalue weighted by atomic mass is 16.5. The maximum atomic E-state index is 11.6. The molecule has 1 aromatic heterocycles. The molecule has 0 aliphatic carbocycles. The average molecular weight is 290 g/mol. The number of carbonyl (C=O) groups is 1. The molecule has 1 aromatic carbocycles. The van der Waals surface area contributed by atoms with Crippen molar-refractivity contribution in [3.63, 3.8) is 0 Å². The first kappa shape index (κ1) is 14.8. The average Bonchev–Trinajstić information content (AvgIpc) is 2.88. The van der Waals surface area contributed by atoms with Gasteiger partial charge in [-0.15, -0.1) is 0 Å². The molecule has 0 saturated heterocycles.